The molecule has 0 bridgehead atoms. The number of fused-ring (bicyclic) bond motifs is 1. The molecular formula is C16H15F3N2O2. The zero-order chi connectivity index (χ0) is 16.6. The summed E-state index contributed by atoms with van der Waals surface area (Å²) in [5.41, 5.74) is 0.984. The van der Waals surface area contributed by atoms with E-state index >= 15 is 0 Å². The second-order valence-corrected chi connectivity index (χ2v) is 5.29. The maximum atomic E-state index is 12.9. The molecule has 1 N–H and O–H groups in total. The molecule has 23 heavy (non-hydrogen) atoms. The molecule has 0 aliphatic carbocycles. The van der Waals surface area contributed by atoms with Crippen molar-refractivity contribution in [1.29, 1.82) is 0 Å². The number of benzene rings is 1. The van der Waals surface area contributed by atoms with E-state index < -0.39 is 11.7 Å². The van der Waals surface area contributed by atoms with Gasteiger partial charge in [-0.3, -0.25) is 9.36 Å². The number of alkyl halides is 3. The first-order valence-corrected chi connectivity index (χ1v) is 7.12. The summed E-state index contributed by atoms with van der Waals surface area (Å²) in [5, 5.41) is 3.20. The van der Waals surface area contributed by atoms with E-state index in [1.54, 1.807) is 6.07 Å². The SMILES string of the molecule is COc1cc(C(F)(F)F)ccc1-n1c2c(ccc1=O)CNCC2. The van der Waals surface area contributed by atoms with E-state index in [-0.39, 0.29) is 11.3 Å². The van der Waals surface area contributed by atoms with Gasteiger partial charge in [-0.25, -0.2) is 0 Å². The van der Waals surface area contributed by atoms with Gasteiger partial charge in [-0.2, -0.15) is 13.2 Å². The van der Waals surface area contributed by atoms with E-state index in [4.69, 9.17) is 4.74 Å². The van der Waals surface area contributed by atoms with E-state index in [9.17, 15) is 18.0 Å². The van der Waals surface area contributed by atoms with Crippen LogP contribution in [0.5, 0.6) is 5.75 Å². The van der Waals surface area contributed by atoms with Crippen molar-refractivity contribution in [3.05, 3.63) is 57.5 Å². The van der Waals surface area contributed by atoms with Crippen molar-refractivity contribution in [3.8, 4) is 11.4 Å². The van der Waals surface area contributed by atoms with E-state index in [1.165, 1.54) is 23.8 Å². The van der Waals surface area contributed by atoms with Crippen molar-refractivity contribution in [2.75, 3.05) is 13.7 Å². The average Bonchev–Trinajstić information content (AvgIpc) is 2.53. The van der Waals surface area contributed by atoms with Crippen molar-refractivity contribution in [1.82, 2.24) is 9.88 Å². The highest BCUT2D eigenvalue weighted by atomic mass is 19.4. The summed E-state index contributed by atoms with van der Waals surface area (Å²) in [7, 11) is 1.29. The molecule has 3 rings (SSSR count). The number of hydrogen-bond acceptors (Lipinski definition) is 3. The lowest BCUT2D eigenvalue weighted by Gasteiger charge is -2.23. The van der Waals surface area contributed by atoms with Gasteiger partial charge in [-0.05, 0) is 23.8 Å². The molecule has 0 unspecified atom stereocenters. The van der Waals surface area contributed by atoms with Gasteiger partial charge in [0.25, 0.3) is 5.56 Å². The molecule has 0 fully saturated rings. The molecule has 0 saturated carbocycles. The highest BCUT2D eigenvalue weighted by Gasteiger charge is 2.31. The predicted molar refractivity (Wildman–Crippen MR) is 79.0 cm³/mol. The fourth-order valence-electron chi connectivity index (χ4n) is 2.79. The van der Waals surface area contributed by atoms with E-state index in [0.717, 1.165) is 23.4 Å². The lowest BCUT2D eigenvalue weighted by Crippen LogP contribution is -2.31. The molecule has 1 aromatic heterocycles. The van der Waals surface area contributed by atoms with Crippen LogP contribution in [0.2, 0.25) is 0 Å². The van der Waals surface area contributed by atoms with Crippen LogP contribution in [0.3, 0.4) is 0 Å². The summed E-state index contributed by atoms with van der Waals surface area (Å²) in [4.78, 5) is 12.3. The number of ether oxygens (including phenoxy) is 1. The predicted octanol–water partition coefficient (Wildman–Crippen LogP) is 2.51. The number of methoxy groups -OCH3 is 1. The quantitative estimate of drug-likeness (QED) is 0.923. The van der Waals surface area contributed by atoms with Gasteiger partial charge >= 0.3 is 6.18 Å². The van der Waals surface area contributed by atoms with E-state index in [0.29, 0.717) is 25.2 Å². The first kappa shape index (κ1) is 15.6. The molecule has 7 heteroatoms. The van der Waals surface area contributed by atoms with Crippen LogP contribution in [0.15, 0.2) is 35.1 Å². The molecule has 1 aromatic carbocycles. The van der Waals surface area contributed by atoms with Crippen LogP contribution < -0.4 is 15.6 Å². The molecule has 0 amide bonds. The fraction of sp³-hybridized carbons (Fsp3) is 0.312. The molecule has 0 radical (unpaired) electrons. The molecule has 1 aliphatic rings. The van der Waals surface area contributed by atoms with Gasteiger partial charge in [-0.15, -0.1) is 0 Å². The van der Waals surface area contributed by atoms with Crippen LogP contribution in [0.25, 0.3) is 5.69 Å². The lowest BCUT2D eigenvalue weighted by molar-refractivity contribution is -0.137. The summed E-state index contributed by atoms with van der Waals surface area (Å²) < 4.78 is 45.1. The smallest absolute Gasteiger partial charge is 0.416 e. The van der Waals surface area contributed by atoms with Crippen LogP contribution in [0, 0.1) is 0 Å². The van der Waals surface area contributed by atoms with Crippen LogP contribution in [0.1, 0.15) is 16.8 Å². The number of rotatable bonds is 2. The highest BCUT2D eigenvalue weighted by Crippen LogP contribution is 2.34. The topological polar surface area (TPSA) is 43.3 Å². The first-order valence-electron chi connectivity index (χ1n) is 7.12. The Hall–Kier alpha value is -2.28. The van der Waals surface area contributed by atoms with Crippen LogP contribution in [0.4, 0.5) is 13.2 Å². The summed E-state index contributed by atoms with van der Waals surface area (Å²) in [6.07, 6.45) is -3.84. The minimum Gasteiger partial charge on any atom is -0.495 e. The third-order valence-electron chi connectivity index (χ3n) is 3.89. The lowest BCUT2D eigenvalue weighted by atomic mass is 10.1. The average molecular weight is 324 g/mol. The van der Waals surface area contributed by atoms with E-state index in [1.807, 2.05) is 0 Å². The van der Waals surface area contributed by atoms with Gasteiger partial charge in [0.05, 0.1) is 18.4 Å². The minimum atomic E-state index is -4.46. The molecule has 0 spiro atoms. The maximum Gasteiger partial charge on any atom is 0.416 e. The van der Waals surface area contributed by atoms with Crippen LogP contribution in [-0.2, 0) is 19.1 Å². The molecule has 2 aromatic rings. The zero-order valence-electron chi connectivity index (χ0n) is 12.4. The van der Waals surface area contributed by atoms with Crippen molar-refractivity contribution >= 4 is 0 Å². The Bertz CT molecular complexity index is 797. The van der Waals surface area contributed by atoms with Gasteiger partial charge in [-0.1, -0.05) is 6.07 Å². The van der Waals surface area contributed by atoms with Crippen LogP contribution in [-0.4, -0.2) is 18.2 Å². The highest BCUT2D eigenvalue weighted by molar-refractivity contribution is 5.51. The number of aromatic nitrogens is 1. The molecule has 0 saturated heterocycles. The Morgan fingerprint density at radius 3 is 2.70 bits per heavy atom. The van der Waals surface area contributed by atoms with Crippen LogP contribution >= 0.6 is 0 Å². The first-order chi connectivity index (χ1) is 10.9. The number of nitrogens with one attached hydrogen (secondary N) is 1. The van der Waals surface area contributed by atoms with Crippen molar-refractivity contribution < 1.29 is 17.9 Å². The third-order valence-corrected chi connectivity index (χ3v) is 3.89. The Morgan fingerprint density at radius 1 is 1.22 bits per heavy atom. The standard InChI is InChI=1S/C16H15F3N2O2/c1-23-14-8-11(16(17,18)19)3-4-13(14)21-12-6-7-20-9-10(12)2-5-15(21)22/h2-5,8,20H,6-7,9H2,1H3. The Labute approximate surface area is 130 Å². The molecule has 1 aliphatic heterocycles. The van der Waals surface area contributed by atoms with Crippen molar-refractivity contribution in [3.63, 3.8) is 0 Å². The third kappa shape index (κ3) is 2.84. The van der Waals surface area contributed by atoms with Gasteiger partial charge in [0.15, 0.2) is 0 Å². The van der Waals surface area contributed by atoms with E-state index in [2.05, 4.69) is 5.32 Å². The summed E-state index contributed by atoms with van der Waals surface area (Å²) >= 11 is 0. The van der Waals surface area contributed by atoms with Gasteiger partial charge in [0.2, 0.25) is 0 Å². The number of nitrogens with zero attached hydrogens (tertiary/aromatic N) is 1. The molecule has 0 atom stereocenters. The summed E-state index contributed by atoms with van der Waals surface area (Å²) in [6.45, 7) is 1.33. The fourth-order valence-corrected chi connectivity index (χ4v) is 2.79. The molecule has 122 valence electrons. The van der Waals surface area contributed by atoms with Gasteiger partial charge in [0, 0.05) is 31.3 Å². The zero-order valence-corrected chi connectivity index (χ0v) is 12.4. The number of pyridine rings is 1. The number of halogens is 3. The van der Waals surface area contributed by atoms with Crippen molar-refractivity contribution in [2.24, 2.45) is 0 Å². The largest absolute Gasteiger partial charge is 0.495 e. The second-order valence-electron chi connectivity index (χ2n) is 5.29. The van der Waals surface area contributed by atoms with Gasteiger partial charge in [0.1, 0.15) is 5.75 Å². The summed E-state index contributed by atoms with van der Waals surface area (Å²) in [5.74, 6) is 0.0221. The van der Waals surface area contributed by atoms with Gasteiger partial charge < -0.3 is 10.1 Å². The monoisotopic (exact) mass is 324 g/mol. The number of hydrogen-bond donors (Lipinski definition) is 1. The Balaban J connectivity index is 2.21. The molecular weight excluding hydrogens is 309 g/mol. The molecule has 4 nitrogen and oxygen atoms in total. The second kappa shape index (κ2) is 5.73. The normalized spacial score (nSPS) is 14.4. The van der Waals surface area contributed by atoms with Crippen molar-refractivity contribution in [2.45, 2.75) is 19.1 Å². The minimum absolute atomic E-state index is 0.0221. The maximum absolute atomic E-state index is 12.9. The summed E-state index contributed by atoms with van der Waals surface area (Å²) in [6, 6.07) is 6.33. The Kier molecular flexibility index (Phi) is 3.89. The Morgan fingerprint density at radius 2 is 2.00 bits per heavy atom. The molecule has 2 heterocycles.